The quantitative estimate of drug-likeness (QED) is 0.757. The van der Waals surface area contributed by atoms with E-state index >= 15 is 0 Å². The second kappa shape index (κ2) is 8.82. The molecule has 0 unspecified atom stereocenters. The highest BCUT2D eigenvalue weighted by Crippen LogP contribution is 2.22. The van der Waals surface area contributed by atoms with Gasteiger partial charge in [-0.1, -0.05) is 27.7 Å². The molecule has 21 heavy (non-hydrogen) atoms. The molecule has 0 bridgehead atoms. The van der Waals surface area contributed by atoms with Crippen molar-refractivity contribution in [3.05, 3.63) is 11.9 Å². The molecule has 5 nitrogen and oxygen atoms in total. The third-order valence-electron chi connectivity index (χ3n) is 3.53. The molecular formula is C16H30N4O. The van der Waals surface area contributed by atoms with E-state index in [0.29, 0.717) is 18.6 Å². The minimum absolute atomic E-state index is 0.432. The normalized spacial score (nSPS) is 11.2. The summed E-state index contributed by atoms with van der Waals surface area (Å²) < 4.78 is 5.19. The first-order chi connectivity index (χ1) is 10.0. The Morgan fingerprint density at radius 3 is 2.38 bits per heavy atom. The Hall–Kier alpha value is -1.36. The number of methoxy groups -OCH3 is 1. The van der Waals surface area contributed by atoms with Crippen LogP contribution >= 0.6 is 0 Å². The molecule has 0 spiro atoms. The fourth-order valence-electron chi connectivity index (χ4n) is 2.50. The van der Waals surface area contributed by atoms with E-state index in [-0.39, 0.29) is 0 Å². The lowest BCUT2D eigenvalue weighted by atomic mass is 10.1. The lowest BCUT2D eigenvalue weighted by Crippen LogP contribution is -2.38. The fourth-order valence-corrected chi connectivity index (χ4v) is 2.50. The van der Waals surface area contributed by atoms with Gasteiger partial charge in [0.15, 0.2) is 5.82 Å². The maximum atomic E-state index is 5.19. The lowest BCUT2D eigenvalue weighted by Gasteiger charge is -2.33. The van der Waals surface area contributed by atoms with Crippen molar-refractivity contribution in [1.29, 1.82) is 0 Å². The topological polar surface area (TPSA) is 50.3 Å². The van der Waals surface area contributed by atoms with Gasteiger partial charge in [0.05, 0.1) is 0 Å². The number of nitrogens with one attached hydrogen (secondary N) is 1. The minimum atomic E-state index is 0.432. The molecule has 120 valence electrons. The van der Waals surface area contributed by atoms with Crippen molar-refractivity contribution in [2.24, 2.45) is 5.92 Å². The predicted octanol–water partition coefficient (Wildman–Crippen LogP) is 3.32. The first-order valence-electron chi connectivity index (χ1n) is 7.86. The van der Waals surface area contributed by atoms with Crippen molar-refractivity contribution >= 4 is 11.6 Å². The maximum absolute atomic E-state index is 5.19. The van der Waals surface area contributed by atoms with E-state index in [1.54, 1.807) is 7.11 Å². The number of rotatable bonds is 9. The van der Waals surface area contributed by atoms with Gasteiger partial charge in [-0.3, -0.25) is 0 Å². The van der Waals surface area contributed by atoms with E-state index in [9.17, 15) is 0 Å². The van der Waals surface area contributed by atoms with Crippen molar-refractivity contribution < 1.29 is 4.74 Å². The van der Waals surface area contributed by atoms with E-state index in [1.165, 1.54) is 0 Å². The van der Waals surface area contributed by atoms with Gasteiger partial charge in [-0.25, -0.2) is 9.97 Å². The van der Waals surface area contributed by atoms with Crippen LogP contribution in [0.5, 0.6) is 0 Å². The summed E-state index contributed by atoms with van der Waals surface area (Å²) in [6.07, 6.45) is 2.23. The zero-order valence-electron chi connectivity index (χ0n) is 14.3. The number of nitrogens with zero attached hydrogens (tertiary/aromatic N) is 3. The van der Waals surface area contributed by atoms with E-state index in [2.05, 4.69) is 42.9 Å². The molecule has 0 amide bonds. The summed E-state index contributed by atoms with van der Waals surface area (Å²) in [5.74, 6) is 3.14. The van der Waals surface area contributed by atoms with Crippen LogP contribution in [0.15, 0.2) is 6.07 Å². The van der Waals surface area contributed by atoms with Gasteiger partial charge in [-0.15, -0.1) is 0 Å². The lowest BCUT2D eigenvalue weighted by molar-refractivity contribution is 0.178. The third kappa shape index (κ3) is 5.16. The molecule has 0 radical (unpaired) electrons. The molecule has 0 aliphatic heterocycles. The molecule has 0 saturated carbocycles. The van der Waals surface area contributed by atoms with Gasteiger partial charge in [-0.05, 0) is 18.8 Å². The summed E-state index contributed by atoms with van der Waals surface area (Å²) in [4.78, 5) is 11.5. The number of aromatic nitrogens is 2. The summed E-state index contributed by atoms with van der Waals surface area (Å²) >= 11 is 0. The fraction of sp³-hybridized carbons (Fsp3) is 0.750. The maximum Gasteiger partial charge on any atom is 0.158 e. The first kappa shape index (κ1) is 17.7. The summed E-state index contributed by atoms with van der Waals surface area (Å²) in [5.41, 5.74) is 0. The molecule has 1 heterocycles. The first-order valence-corrected chi connectivity index (χ1v) is 7.86. The van der Waals surface area contributed by atoms with Crippen molar-refractivity contribution in [2.75, 3.05) is 30.9 Å². The third-order valence-corrected chi connectivity index (χ3v) is 3.53. The van der Waals surface area contributed by atoms with Crippen LogP contribution in [-0.2, 0) is 11.3 Å². The predicted molar refractivity (Wildman–Crippen MR) is 88.8 cm³/mol. The van der Waals surface area contributed by atoms with E-state index in [1.807, 2.05) is 13.1 Å². The summed E-state index contributed by atoms with van der Waals surface area (Å²) in [6, 6.07) is 2.53. The highest BCUT2D eigenvalue weighted by atomic mass is 16.5. The molecule has 0 aromatic carbocycles. The van der Waals surface area contributed by atoms with Crippen molar-refractivity contribution in [3.8, 4) is 0 Å². The summed E-state index contributed by atoms with van der Waals surface area (Å²) in [5, 5.41) is 3.12. The molecule has 0 saturated heterocycles. The Bertz CT molecular complexity index is 419. The average molecular weight is 294 g/mol. The molecule has 1 rings (SSSR count). The van der Waals surface area contributed by atoms with Crippen LogP contribution < -0.4 is 10.2 Å². The van der Waals surface area contributed by atoms with E-state index in [0.717, 1.165) is 36.8 Å². The van der Waals surface area contributed by atoms with Crippen LogP contribution in [0.25, 0.3) is 0 Å². The highest BCUT2D eigenvalue weighted by molar-refractivity contribution is 5.50. The van der Waals surface area contributed by atoms with Crippen LogP contribution in [0.2, 0.25) is 0 Å². The van der Waals surface area contributed by atoms with Crippen molar-refractivity contribution in [2.45, 2.75) is 53.2 Å². The molecule has 1 aromatic rings. The number of anilines is 2. The van der Waals surface area contributed by atoms with Gasteiger partial charge in [0.2, 0.25) is 0 Å². The minimum Gasteiger partial charge on any atom is -0.377 e. The van der Waals surface area contributed by atoms with Crippen LogP contribution in [0.3, 0.4) is 0 Å². The van der Waals surface area contributed by atoms with Gasteiger partial charge >= 0.3 is 0 Å². The Morgan fingerprint density at radius 2 is 1.90 bits per heavy atom. The highest BCUT2D eigenvalue weighted by Gasteiger charge is 2.19. The Morgan fingerprint density at radius 1 is 1.24 bits per heavy atom. The van der Waals surface area contributed by atoms with Crippen LogP contribution in [0, 0.1) is 5.92 Å². The van der Waals surface area contributed by atoms with Gasteiger partial charge in [-0.2, -0.15) is 0 Å². The Balaban J connectivity index is 3.17. The molecule has 1 aromatic heterocycles. The average Bonchev–Trinajstić information content (AvgIpc) is 2.47. The van der Waals surface area contributed by atoms with Crippen molar-refractivity contribution in [1.82, 2.24) is 9.97 Å². The number of hydrogen-bond donors (Lipinski definition) is 1. The second-order valence-corrected chi connectivity index (χ2v) is 5.73. The Kier molecular flexibility index (Phi) is 7.43. The van der Waals surface area contributed by atoms with Gasteiger partial charge < -0.3 is 15.0 Å². The van der Waals surface area contributed by atoms with Gasteiger partial charge in [0.25, 0.3) is 0 Å². The standard InChI is InChI=1S/C16H30N4O/c1-7-13(8-2)20(10-12(3)4)16-9-14(17-5)18-15(19-16)11-21-6/h9,12-13H,7-8,10-11H2,1-6H3,(H,17,18,19). The largest absolute Gasteiger partial charge is 0.377 e. The SMILES string of the molecule is CCC(CC)N(CC(C)C)c1cc(NC)nc(COC)n1. The zero-order valence-corrected chi connectivity index (χ0v) is 14.3. The van der Waals surface area contributed by atoms with Gasteiger partial charge in [0, 0.05) is 32.8 Å². The second-order valence-electron chi connectivity index (χ2n) is 5.73. The Labute approximate surface area is 129 Å². The van der Waals surface area contributed by atoms with Crippen LogP contribution in [0.4, 0.5) is 11.6 Å². The molecule has 1 N–H and O–H groups in total. The zero-order chi connectivity index (χ0) is 15.8. The number of hydrogen-bond acceptors (Lipinski definition) is 5. The molecule has 0 atom stereocenters. The molecule has 0 aliphatic rings. The smallest absolute Gasteiger partial charge is 0.158 e. The monoisotopic (exact) mass is 294 g/mol. The summed E-state index contributed by atoms with van der Waals surface area (Å²) in [6.45, 7) is 10.4. The van der Waals surface area contributed by atoms with Gasteiger partial charge in [0.1, 0.15) is 18.2 Å². The summed E-state index contributed by atoms with van der Waals surface area (Å²) in [7, 11) is 3.55. The van der Waals surface area contributed by atoms with E-state index < -0.39 is 0 Å². The van der Waals surface area contributed by atoms with Crippen LogP contribution in [0.1, 0.15) is 46.4 Å². The van der Waals surface area contributed by atoms with Crippen molar-refractivity contribution in [3.63, 3.8) is 0 Å². The molecule has 0 aliphatic carbocycles. The number of ether oxygens (including phenoxy) is 1. The molecular weight excluding hydrogens is 264 g/mol. The molecule has 5 heteroatoms. The van der Waals surface area contributed by atoms with Crippen LogP contribution in [-0.4, -0.2) is 36.7 Å². The van der Waals surface area contributed by atoms with E-state index in [4.69, 9.17) is 9.72 Å². The molecule has 0 fully saturated rings.